The van der Waals surface area contributed by atoms with Crippen LogP contribution in [0.3, 0.4) is 0 Å². The maximum absolute atomic E-state index is 5.31. The van der Waals surface area contributed by atoms with Gasteiger partial charge < -0.3 is 4.74 Å². The molecule has 1 saturated heterocycles. The van der Waals surface area contributed by atoms with Crippen LogP contribution in [0.5, 0.6) is 0 Å². The maximum atomic E-state index is 5.31. The van der Waals surface area contributed by atoms with Gasteiger partial charge in [-0.3, -0.25) is 5.01 Å². The van der Waals surface area contributed by atoms with Crippen LogP contribution in [0, 0.1) is 31.6 Å². The third-order valence-electron chi connectivity index (χ3n) is 3.62. The first-order chi connectivity index (χ1) is 9.88. The standard InChI is InChI=1S/C16H19N2OS/c1-19-12-14-8-4-10-18(14)17-16(13-6-2-3-7-13)15-9-5-11-20-15/h2-3,5-7,9,11,14H,4,8,10,12H2,1H3/b17-16+/t14-/m0/s1. The van der Waals surface area contributed by atoms with Crippen molar-refractivity contribution < 1.29 is 4.74 Å². The molecular formula is C16H19N2OS. The summed E-state index contributed by atoms with van der Waals surface area (Å²) in [5.74, 6) is 1.19. The molecule has 2 fully saturated rings. The Labute approximate surface area is 125 Å². The van der Waals surface area contributed by atoms with Crippen molar-refractivity contribution in [1.29, 1.82) is 0 Å². The molecule has 2 heterocycles. The summed E-state index contributed by atoms with van der Waals surface area (Å²) >= 11 is 1.74. The first-order valence-corrected chi connectivity index (χ1v) is 7.86. The van der Waals surface area contributed by atoms with E-state index in [1.54, 1.807) is 18.4 Å². The second kappa shape index (κ2) is 6.72. The average molecular weight is 287 g/mol. The highest BCUT2D eigenvalue weighted by Gasteiger charge is 2.28. The molecule has 105 valence electrons. The van der Waals surface area contributed by atoms with Crippen molar-refractivity contribution in [1.82, 2.24) is 5.01 Å². The number of hydrazone groups is 1. The minimum Gasteiger partial charge on any atom is -0.382 e. The van der Waals surface area contributed by atoms with Gasteiger partial charge in [0.25, 0.3) is 0 Å². The minimum absolute atomic E-state index is 0.407. The summed E-state index contributed by atoms with van der Waals surface area (Å²) in [6.45, 7) is 1.77. The SMILES string of the molecule is COC[C@@H]1CCCN1/N=C(\[C]1[CH][CH][CH][CH]1)c1cccs1. The first-order valence-electron chi connectivity index (χ1n) is 6.98. The van der Waals surface area contributed by atoms with Crippen LogP contribution >= 0.6 is 11.3 Å². The molecule has 0 bridgehead atoms. The lowest BCUT2D eigenvalue weighted by atomic mass is 10.0. The summed E-state index contributed by atoms with van der Waals surface area (Å²) < 4.78 is 5.31. The Morgan fingerprint density at radius 3 is 3.00 bits per heavy atom. The van der Waals surface area contributed by atoms with Gasteiger partial charge in [0.1, 0.15) is 0 Å². The summed E-state index contributed by atoms with van der Waals surface area (Å²) in [7, 11) is 1.76. The Kier molecular flexibility index (Phi) is 4.73. The van der Waals surface area contributed by atoms with E-state index in [1.807, 2.05) is 0 Å². The van der Waals surface area contributed by atoms with Crippen molar-refractivity contribution in [3.05, 3.63) is 54.0 Å². The molecule has 5 radical (unpaired) electrons. The van der Waals surface area contributed by atoms with E-state index in [0.717, 1.165) is 25.3 Å². The lowest BCUT2D eigenvalue weighted by molar-refractivity contribution is 0.118. The fraction of sp³-hybridized carbons (Fsp3) is 0.375. The van der Waals surface area contributed by atoms with Crippen molar-refractivity contribution in [2.24, 2.45) is 5.10 Å². The second-order valence-electron chi connectivity index (χ2n) is 5.01. The van der Waals surface area contributed by atoms with Crippen molar-refractivity contribution in [2.45, 2.75) is 18.9 Å². The van der Waals surface area contributed by atoms with Gasteiger partial charge in [-0.05, 0) is 50.0 Å². The Bertz CT molecular complexity index is 437. The fourth-order valence-corrected chi connectivity index (χ4v) is 3.37. The normalized spacial score (nSPS) is 24.8. The maximum Gasteiger partial charge on any atom is 0.0854 e. The van der Waals surface area contributed by atoms with Gasteiger partial charge in [-0.1, -0.05) is 6.07 Å². The molecule has 1 aromatic rings. The van der Waals surface area contributed by atoms with Crippen LogP contribution in [0.25, 0.3) is 0 Å². The molecule has 1 aliphatic heterocycles. The second-order valence-corrected chi connectivity index (χ2v) is 5.96. The Hall–Kier alpha value is -0.870. The van der Waals surface area contributed by atoms with Gasteiger partial charge >= 0.3 is 0 Å². The Morgan fingerprint density at radius 1 is 1.45 bits per heavy atom. The van der Waals surface area contributed by atoms with E-state index >= 15 is 0 Å². The van der Waals surface area contributed by atoms with E-state index in [2.05, 4.69) is 48.2 Å². The van der Waals surface area contributed by atoms with Crippen LogP contribution in [-0.2, 0) is 4.74 Å². The van der Waals surface area contributed by atoms with E-state index in [1.165, 1.54) is 17.2 Å². The summed E-state index contributed by atoms with van der Waals surface area (Å²) in [5.41, 5.74) is 1.08. The number of hydrogen-bond donors (Lipinski definition) is 0. The predicted octanol–water partition coefficient (Wildman–Crippen LogP) is 2.97. The highest BCUT2D eigenvalue weighted by molar-refractivity contribution is 7.12. The van der Waals surface area contributed by atoms with Crippen LogP contribution in [0.15, 0.2) is 22.6 Å². The van der Waals surface area contributed by atoms with Crippen LogP contribution in [0.1, 0.15) is 17.7 Å². The van der Waals surface area contributed by atoms with E-state index in [0.29, 0.717) is 6.04 Å². The number of thiophene rings is 1. The number of nitrogens with zero attached hydrogens (tertiary/aromatic N) is 2. The summed E-state index contributed by atoms with van der Waals surface area (Å²) in [5, 5.41) is 9.24. The predicted molar refractivity (Wildman–Crippen MR) is 82.9 cm³/mol. The lowest BCUT2D eigenvalue weighted by Crippen LogP contribution is -2.30. The summed E-state index contributed by atoms with van der Waals surface area (Å²) in [6, 6.07) is 4.62. The largest absolute Gasteiger partial charge is 0.382 e. The third-order valence-corrected chi connectivity index (χ3v) is 4.50. The van der Waals surface area contributed by atoms with Gasteiger partial charge in [0.2, 0.25) is 0 Å². The Balaban J connectivity index is 1.82. The molecule has 1 saturated carbocycles. The van der Waals surface area contributed by atoms with Crippen molar-refractivity contribution >= 4 is 17.0 Å². The molecule has 20 heavy (non-hydrogen) atoms. The molecular weight excluding hydrogens is 268 g/mol. The van der Waals surface area contributed by atoms with E-state index < -0.39 is 0 Å². The van der Waals surface area contributed by atoms with Crippen molar-refractivity contribution in [3.63, 3.8) is 0 Å². The number of methoxy groups -OCH3 is 1. The quantitative estimate of drug-likeness (QED) is 0.778. The molecule has 0 unspecified atom stereocenters. The zero-order chi connectivity index (χ0) is 13.8. The number of rotatable bonds is 5. The third kappa shape index (κ3) is 3.07. The highest BCUT2D eigenvalue weighted by Crippen LogP contribution is 2.30. The molecule has 1 aliphatic carbocycles. The van der Waals surface area contributed by atoms with E-state index in [-0.39, 0.29) is 0 Å². The van der Waals surface area contributed by atoms with Crippen LogP contribution in [0.4, 0.5) is 0 Å². The van der Waals surface area contributed by atoms with Crippen LogP contribution in [0.2, 0.25) is 0 Å². The van der Waals surface area contributed by atoms with Gasteiger partial charge in [0.15, 0.2) is 0 Å². The van der Waals surface area contributed by atoms with Gasteiger partial charge in [-0.25, -0.2) is 0 Å². The lowest BCUT2D eigenvalue weighted by Gasteiger charge is -2.23. The number of ether oxygens (including phenoxy) is 1. The molecule has 0 N–H and O–H groups in total. The number of hydrogen-bond acceptors (Lipinski definition) is 4. The molecule has 4 heteroatoms. The zero-order valence-electron chi connectivity index (χ0n) is 11.7. The van der Waals surface area contributed by atoms with E-state index in [4.69, 9.17) is 9.84 Å². The monoisotopic (exact) mass is 287 g/mol. The van der Waals surface area contributed by atoms with Gasteiger partial charge in [-0.2, -0.15) is 5.10 Å². The minimum atomic E-state index is 0.407. The van der Waals surface area contributed by atoms with Gasteiger partial charge in [0.05, 0.1) is 23.2 Å². The van der Waals surface area contributed by atoms with Gasteiger partial charge in [0, 0.05) is 19.6 Å². The smallest absolute Gasteiger partial charge is 0.0854 e. The van der Waals surface area contributed by atoms with Crippen molar-refractivity contribution in [3.8, 4) is 0 Å². The molecule has 1 atom stereocenters. The topological polar surface area (TPSA) is 24.8 Å². The summed E-state index contributed by atoms with van der Waals surface area (Å²) in [4.78, 5) is 1.22. The molecule has 3 rings (SSSR count). The van der Waals surface area contributed by atoms with Crippen molar-refractivity contribution in [2.75, 3.05) is 20.3 Å². The van der Waals surface area contributed by atoms with Crippen LogP contribution in [-0.4, -0.2) is 37.0 Å². The first kappa shape index (κ1) is 14.1. The zero-order valence-corrected chi connectivity index (χ0v) is 12.5. The molecule has 0 spiro atoms. The molecule has 1 aromatic heterocycles. The molecule has 0 amide bonds. The summed E-state index contributed by atoms with van der Waals surface area (Å²) in [6.07, 6.45) is 10.7. The van der Waals surface area contributed by atoms with Gasteiger partial charge in [-0.15, -0.1) is 11.3 Å². The Morgan fingerprint density at radius 2 is 2.30 bits per heavy atom. The highest BCUT2D eigenvalue weighted by atomic mass is 32.1. The molecule has 0 aromatic carbocycles. The fourth-order valence-electron chi connectivity index (χ4n) is 2.64. The molecule has 2 aliphatic rings. The average Bonchev–Trinajstić information content (AvgIpc) is 3.20. The van der Waals surface area contributed by atoms with E-state index in [9.17, 15) is 0 Å². The van der Waals surface area contributed by atoms with Crippen LogP contribution < -0.4 is 0 Å². The molecule has 3 nitrogen and oxygen atoms in total.